The molecule has 1 aliphatic heterocycles. The summed E-state index contributed by atoms with van der Waals surface area (Å²) in [4.78, 5) is 31.0. The van der Waals surface area contributed by atoms with Crippen molar-refractivity contribution in [2.45, 2.75) is 52.6 Å². The zero-order valence-corrected chi connectivity index (χ0v) is 17.5. The zero-order valence-electron chi connectivity index (χ0n) is 17.5. The predicted molar refractivity (Wildman–Crippen MR) is 114 cm³/mol. The number of aryl methyl sites for hydroxylation is 1. The van der Waals surface area contributed by atoms with Gasteiger partial charge in [-0.1, -0.05) is 6.92 Å². The van der Waals surface area contributed by atoms with Crippen LogP contribution in [0.25, 0.3) is 16.9 Å². The third kappa shape index (κ3) is 3.14. The fourth-order valence-corrected chi connectivity index (χ4v) is 4.33. The summed E-state index contributed by atoms with van der Waals surface area (Å²) >= 11 is 0. The molecule has 2 aliphatic rings. The van der Waals surface area contributed by atoms with E-state index in [9.17, 15) is 9.59 Å². The second-order valence-corrected chi connectivity index (χ2v) is 8.39. The van der Waals surface area contributed by atoms with Crippen LogP contribution in [0.2, 0.25) is 0 Å². The Morgan fingerprint density at radius 1 is 1.30 bits per heavy atom. The van der Waals surface area contributed by atoms with Crippen LogP contribution >= 0.6 is 0 Å². The molecule has 7 heteroatoms. The first kappa shape index (κ1) is 18.8. The van der Waals surface area contributed by atoms with Crippen molar-refractivity contribution in [3.63, 3.8) is 0 Å². The lowest BCUT2D eigenvalue weighted by atomic mass is 9.99. The lowest BCUT2D eigenvalue weighted by Crippen LogP contribution is -2.34. The number of carbonyl (C=O) groups is 2. The van der Waals surface area contributed by atoms with Crippen molar-refractivity contribution >= 4 is 23.3 Å². The molecule has 2 amide bonds. The molecule has 3 aromatic rings. The van der Waals surface area contributed by atoms with Gasteiger partial charge in [0.25, 0.3) is 5.91 Å². The van der Waals surface area contributed by atoms with E-state index in [0.29, 0.717) is 36.4 Å². The van der Waals surface area contributed by atoms with E-state index in [0.717, 1.165) is 27.9 Å². The third-order valence-electron chi connectivity index (χ3n) is 6.23. The number of aromatic nitrogens is 3. The average molecular weight is 403 g/mol. The Morgan fingerprint density at radius 3 is 2.83 bits per heavy atom. The van der Waals surface area contributed by atoms with Gasteiger partial charge >= 0.3 is 0 Å². The van der Waals surface area contributed by atoms with Crippen molar-refractivity contribution in [2.75, 3.05) is 5.32 Å². The monoisotopic (exact) mass is 403 g/mol. The third-order valence-corrected chi connectivity index (χ3v) is 6.23. The minimum absolute atomic E-state index is 0.0810. The zero-order chi connectivity index (χ0) is 21.0. The Balaban J connectivity index is 1.47. The number of anilines is 1. The van der Waals surface area contributed by atoms with E-state index < -0.39 is 0 Å². The lowest BCUT2D eigenvalue weighted by Gasteiger charge is -2.24. The van der Waals surface area contributed by atoms with Crippen molar-refractivity contribution in [1.82, 2.24) is 19.5 Å². The van der Waals surface area contributed by atoms with Crippen LogP contribution in [0.5, 0.6) is 0 Å². The van der Waals surface area contributed by atoms with Crippen LogP contribution < -0.4 is 5.32 Å². The maximum atomic E-state index is 13.0. The first-order valence-corrected chi connectivity index (χ1v) is 10.6. The Morgan fingerprint density at radius 2 is 2.10 bits per heavy atom. The van der Waals surface area contributed by atoms with Crippen LogP contribution in [0.15, 0.2) is 30.5 Å². The summed E-state index contributed by atoms with van der Waals surface area (Å²) < 4.78 is 1.68. The topological polar surface area (TPSA) is 79.6 Å². The molecule has 1 saturated carbocycles. The molecule has 0 unspecified atom stereocenters. The van der Waals surface area contributed by atoms with Crippen LogP contribution in [0.1, 0.15) is 54.6 Å². The Kier molecular flexibility index (Phi) is 4.34. The van der Waals surface area contributed by atoms with E-state index in [1.807, 2.05) is 30.0 Å². The van der Waals surface area contributed by atoms with E-state index in [1.165, 1.54) is 12.8 Å². The summed E-state index contributed by atoms with van der Waals surface area (Å²) in [6, 6.07) is 8.23. The van der Waals surface area contributed by atoms with Crippen molar-refractivity contribution in [3.8, 4) is 11.3 Å². The summed E-state index contributed by atoms with van der Waals surface area (Å²) in [6.07, 6.45) is 4.56. The highest BCUT2D eigenvalue weighted by atomic mass is 16.2. The van der Waals surface area contributed by atoms with E-state index in [-0.39, 0.29) is 11.8 Å². The second kappa shape index (κ2) is 6.93. The smallest absolute Gasteiger partial charge is 0.255 e. The SMILES string of the molecule is CCC(=O)Nc1cn2nc(-c3cc(C)c4c(c3)CN([C@@H](C)C3CC3)C4=O)ccc2n1. The van der Waals surface area contributed by atoms with Gasteiger partial charge in [0, 0.05) is 30.1 Å². The number of hydrogen-bond donors (Lipinski definition) is 1. The van der Waals surface area contributed by atoms with Crippen LogP contribution in [0.3, 0.4) is 0 Å². The fourth-order valence-electron chi connectivity index (χ4n) is 4.33. The molecule has 30 heavy (non-hydrogen) atoms. The summed E-state index contributed by atoms with van der Waals surface area (Å²) in [5, 5.41) is 7.45. The van der Waals surface area contributed by atoms with Crippen molar-refractivity contribution in [2.24, 2.45) is 5.92 Å². The molecule has 2 aromatic heterocycles. The molecule has 1 aromatic carbocycles. The van der Waals surface area contributed by atoms with Crippen LogP contribution in [-0.2, 0) is 11.3 Å². The van der Waals surface area contributed by atoms with Gasteiger partial charge in [-0.3, -0.25) is 9.59 Å². The first-order valence-electron chi connectivity index (χ1n) is 10.6. The second-order valence-electron chi connectivity index (χ2n) is 8.39. The van der Waals surface area contributed by atoms with Crippen LogP contribution in [0, 0.1) is 12.8 Å². The molecular weight excluding hydrogens is 378 g/mol. The Hall–Kier alpha value is -3.22. The van der Waals surface area contributed by atoms with Crippen LogP contribution in [0.4, 0.5) is 5.82 Å². The molecule has 0 radical (unpaired) electrons. The summed E-state index contributed by atoms with van der Waals surface area (Å²) in [5.74, 6) is 1.22. The largest absolute Gasteiger partial charge is 0.331 e. The van der Waals surface area contributed by atoms with Gasteiger partial charge in [0.2, 0.25) is 5.91 Å². The number of nitrogens with zero attached hydrogens (tertiary/aromatic N) is 4. The highest BCUT2D eigenvalue weighted by Crippen LogP contribution is 2.39. The first-order chi connectivity index (χ1) is 14.4. The lowest BCUT2D eigenvalue weighted by molar-refractivity contribution is -0.115. The molecule has 0 spiro atoms. The molecule has 0 saturated heterocycles. The van der Waals surface area contributed by atoms with Crippen molar-refractivity contribution < 1.29 is 9.59 Å². The number of fused-ring (bicyclic) bond motifs is 2. The van der Waals surface area contributed by atoms with Gasteiger partial charge in [0.05, 0.1) is 11.9 Å². The quantitative estimate of drug-likeness (QED) is 0.703. The van der Waals surface area contributed by atoms with E-state index >= 15 is 0 Å². The van der Waals surface area contributed by atoms with E-state index in [2.05, 4.69) is 28.4 Å². The normalized spacial score (nSPS) is 16.8. The van der Waals surface area contributed by atoms with Gasteiger partial charge in [0.15, 0.2) is 11.5 Å². The summed E-state index contributed by atoms with van der Waals surface area (Å²) in [5.41, 5.74) is 5.37. The van der Waals surface area contributed by atoms with Gasteiger partial charge in [-0.15, -0.1) is 0 Å². The molecular formula is C23H25N5O2. The number of hydrogen-bond acceptors (Lipinski definition) is 4. The number of nitrogens with one attached hydrogen (secondary N) is 1. The highest BCUT2D eigenvalue weighted by molar-refractivity contribution is 6.00. The van der Waals surface area contributed by atoms with Gasteiger partial charge in [-0.25, -0.2) is 9.50 Å². The van der Waals surface area contributed by atoms with Gasteiger partial charge in [-0.05, 0) is 68.0 Å². The molecule has 0 bridgehead atoms. The number of benzene rings is 1. The standard InChI is InChI=1S/C23H25N5O2/c1-4-21(29)25-19-12-28-20(24-19)8-7-18(26-28)16-9-13(2)22-17(10-16)11-27(23(22)30)14(3)15-5-6-15/h7-10,12,14-15H,4-6,11H2,1-3H3,(H,25,29)/t14-/m0/s1. The van der Waals surface area contributed by atoms with Crippen molar-refractivity contribution in [3.05, 3.63) is 47.2 Å². The molecule has 1 N–H and O–H groups in total. The molecule has 7 nitrogen and oxygen atoms in total. The number of imidazole rings is 1. The Labute approximate surface area is 175 Å². The minimum atomic E-state index is -0.0810. The van der Waals surface area contributed by atoms with Crippen molar-refractivity contribution in [1.29, 1.82) is 0 Å². The summed E-state index contributed by atoms with van der Waals surface area (Å²) in [6.45, 7) is 6.64. The highest BCUT2D eigenvalue weighted by Gasteiger charge is 2.39. The predicted octanol–water partition coefficient (Wildman–Crippen LogP) is 3.81. The molecule has 1 aliphatic carbocycles. The van der Waals surface area contributed by atoms with Gasteiger partial charge in [-0.2, -0.15) is 5.10 Å². The molecule has 3 heterocycles. The van der Waals surface area contributed by atoms with E-state index in [1.54, 1.807) is 17.6 Å². The number of rotatable bonds is 5. The molecule has 1 fully saturated rings. The van der Waals surface area contributed by atoms with Crippen LogP contribution in [-0.4, -0.2) is 37.4 Å². The maximum absolute atomic E-state index is 13.0. The van der Waals surface area contributed by atoms with Gasteiger partial charge in [0.1, 0.15) is 0 Å². The molecule has 154 valence electrons. The maximum Gasteiger partial charge on any atom is 0.255 e. The molecule has 1 atom stereocenters. The number of carbonyl (C=O) groups excluding carboxylic acids is 2. The average Bonchev–Trinajstić information content (AvgIpc) is 3.42. The molecule has 5 rings (SSSR count). The summed E-state index contributed by atoms with van der Waals surface area (Å²) in [7, 11) is 0. The Bertz CT molecular complexity index is 1180. The van der Waals surface area contributed by atoms with E-state index in [4.69, 9.17) is 0 Å². The fraction of sp³-hybridized carbons (Fsp3) is 0.391. The van der Waals surface area contributed by atoms with Gasteiger partial charge < -0.3 is 10.2 Å². The minimum Gasteiger partial charge on any atom is -0.331 e. The number of amides is 2.